The molecule has 0 fully saturated rings. The van der Waals surface area contributed by atoms with E-state index < -0.39 is 0 Å². The zero-order valence-corrected chi connectivity index (χ0v) is 18.0. The van der Waals surface area contributed by atoms with Crippen LogP contribution in [0.25, 0.3) is 0 Å². The van der Waals surface area contributed by atoms with E-state index >= 15 is 0 Å². The molecule has 0 aromatic carbocycles. The molecule has 154 valence electrons. The number of quaternary nitrogens is 2. The van der Waals surface area contributed by atoms with Crippen LogP contribution in [0.3, 0.4) is 0 Å². The number of esters is 2. The van der Waals surface area contributed by atoms with Gasteiger partial charge in [0.1, 0.15) is 0 Å². The summed E-state index contributed by atoms with van der Waals surface area (Å²) in [5, 5.41) is 0. The van der Waals surface area contributed by atoms with Crippen molar-refractivity contribution in [3.8, 4) is 0 Å². The van der Waals surface area contributed by atoms with Gasteiger partial charge in [-0.2, -0.15) is 0 Å². The van der Waals surface area contributed by atoms with Gasteiger partial charge in [0.2, 0.25) is 0 Å². The molecule has 6 heteroatoms. The van der Waals surface area contributed by atoms with Crippen molar-refractivity contribution in [2.75, 3.05) is 67.6 Å². The van der Waals surface area contributed by atoms with Gasteiger partial charge in [0.25, 0.3) is 0 Å². The first kappa shape index (κ1) is 24.9. The van der Waals surface area contributed by atoms with Gasteiger partial charge in [-0.15, -0.1) is 0 Å². The van der Waals surface area contributed by atoms with Crippen molar-refractivity contribution in [1.29, 1.82) is 0 Å². The van der Waals surface area contributed by atoms with Gasteiger partial charge in [0.15, 0.2) is 13.1 Å². The molecule has 0 rings (SSSR count). The summed E-state index contributed by atoms with van der Waals surface area (Å²) in [6.45, 7) is 7.49. The number of carbonyl (C=O) groups excluding carboxylic acids is 2. The number of likely N-dealkylation sites (N-methyl/N-ethyl adjacent to an activating group) is 2. The van der Waals surface area contributed by atoms with Crippen LogP contribution in [-0.4, -0.2) is 88.5 Å². The lowest BCUT2D eigenvalue weighted by molar-refractivity contribution is -0.883. The molecule has 0 spiro atoms. The van der Waals surface area contributed by atoms with Crippen LogP contribution in [0.4, 0.5) is 0 Å². The molecule has 0 aliphatic rings. The van der Waals surface area contributed by atoms with Gasteiger partial charge in [-0.05, 0) is 39.5 Å². The smallest absolute Gasteiger partial charge is 0.361 e. The van der Waals surface area contributed by atoms with Crippen LogP contribution >= 0.6 is 0 Å². The fourth-order valence-electron chi connectivity index (χ4n) is 3.06. The molecule has 0 saturated carbocycles. The molecular weight excluding hydrogens is 332 g/mol. The third-order valence-corrected chi connectivity index (χ3v) is 4.50. The quantitative estimate of drug-likeness (QED) is 0.251. The molecule has 0 saturated heterocycles. The number of nitrogens with zero attached hydrogens (tertiary/aromatic N) is 2. The highest BCUT2D eigenvalue weighted by molar-refractivity contribution is 5.70. The standard InChI is InChI=1S/C20H42N2O4/c1-7-25-19(23)17-21(3,4)15-13-11-9-10-12-14-16-22(5,6)18-20(24)26-8-2/h7-18H2,1-6H3/q+2. The first-order chi connectivity index (χ1) is 12.1. The van der Waals surface area contributed by atoms with Crippen LogP contribution in [0.5, 0.6) is 0 Å². The van der Waals surface area contributed by atoms with Crippen LogP contribution in [0.1, 0.15) is 52.4 Å². The van der Waals surface area contributed by atoms with Crippen molar-refractivity contribution < 1.29 is 28.0 Å². The molecule has 0 amide bonds. The van der Waals surface area contributed by atoms with Crippen LogP contribution < -0.4 is 0 Å². The highest BCUT2D eigenvalue weighted by atomic mass is 16.5. The third-order valence-electron chi connectivity index (χ3n) is 4.50. The molecular formula is C20H42N2O4+2. The Bertz CT molecular complexity index is 371. The summed E-state index contributed by atoms with van der Waals surface area (Å²) in [6, 6.07) is 0. The van der Waals surface area contributed by atoms with Gasteiger partial charge in [-0.1, -0.05) is 12.8 Å². The van der Waals surface area contributed by atoms with E-state index in [0.29, 0.717) is 35.3 Å². The maximum atomic E-state index is 11.6. The van der Waals surface area contributed by atoms with E-state index in [1.54, 1.807) is 0 Å². The summed E-state index contributed by atoms with van der Waals surface area (Å²) >= 11 is 0. The van der Waals surface area contributed by atoms with E-state index in [9.17, 15) is 9.59 Å². The minimum absolute atomic E-state index is 0.110. The van der Waals surface area contributed by atoms with Gasteiger partial charge in [-0.25, -0.2) is 9.59 Å². The summed E-state index contributed by atoms with van der Waals surface area (Å²) in [5.41, 5.74) is 0. The summed E-state index contributed by atoms with van der Waals surface area (Å²) in [7, 11) is 8.34. The Hall–Kier alpha value is -1.14. The van der Waals surface area contributed by atoms with Gasteiger partial charge in [0, 0.05) is 0 Å². The normalized spacial score (nSPS) is 12.1. The lowest BCUT2D eigenvalue weighted by Crippen LogP contribution is -2.45. The topological polar surface area (TPSA) is 52.6 Å². The van der Waals surface area contributed by atoms with Gasteiger partial charge < -0.3 is 18.4 Å². The van der Waals surface area contributed by atoms with Crippen molar-refractivity contribution in [2.45, 2.75) is 52.4 Å². The fraction of sp³-hybridized carbons (Fsp3) is 0.900. The summed E-state index contributed by atoms with van der Waals surface area (Å²) < 4.78 is 11.4. The molecule has 26 heavy (non-hydrogen) atoms. The second kappa shape index (κ2) is 13.1. The molecule has 0 heterocycles. The summed E-state index contributed by atoms with van der Waals surface area (Å²) in [4.78, 5) is 23.2. The average molecular weight is 375 g/mol. The Morgan fingerprint density at radius 1 is 0.615 bits per heavy atom. The van der Waals surface area contributed by atoms with Gasteiger partial charge in [0.05, 0.1) is 54.5 Å². The van der Waals surface area contributed by atoms with Crippen LogP contribution in [0, 0.1) is 0 Å². The molecule has 0 aliphatic heterocycles. The largest absolute Gasteiger partial charge is 0.462 e. The average Bonchev–Trinajstić information content (AvgIpc) is 2.49. The molecule has 0 radical (unpaired) electrons. The zero-order valence-electron chi connectivity index (χ0n) is 18.0. The monoisotopic (exact) mass is 374 g/mol. The minimum Gasteiger partial charge on any atom is -0.462 e. The Morgan fingerprint density at radius 2 is 0.923 bits per heavy atom. The second-order valence-electron chi connectivity index (χ2n) is 8.37. The van der Waals surface area contributed by atoms with Crippen molar-refractivity contribution in [3.63, 3.8) is 0 Å². The number of carbonyl (C=O) groups is 2. The van der Waals surface area contributed by atoms with Crippen LogP contribution in [0.2, 0.25) is 0 Å². The first-order valence-electron chi connectivity index (χ1n) is 10.1. The van der Waals surface area contributed by atoms with Gasteiger partial charge >= 0.3 is 11.9 Å². The van der Waals surface area contributed by atoms with E-state index in [4.69, 9.17) is 9.47 Å². The molecule has 0 aliphatic carbocycles. The molecule has 0 unspecified atom stereocenters. The van der Waals surface area contributed by atoms with E-state index in [1.165, 1.54) is 25.7 Å². The van der Waals surface area contributed by atoms with Crippen molar-refractivity contribution in [3.05, 3.63) is 0 Å². The number of rotatable bonds is 15. The molecule has 0 N–H and O–H groups in total. The van der Waals surface area contributed by atoms with Crippen LogP contribution in [-0.2, 0) is 19.1 Å². The Labute approximate surface area is 160 Å². The lowest BCUT2D eigenvalue weighted by atomic mass is 10.1. The fourth-order valence-corrected chi connectivity index (χ4v) is 3.06. The number of hydrogen-bond donors (Lipinski definition) is 0. The number of hydrogen-bond acceptors (Lipinski definition) is 4. The highest BCUT2D eigenvalue weighted by Gasteiger charge is 2.21. The predicted molar refractivity (Wildman–Crippen MR) is 105 cm³/mol. The van der Waals surface area contributed by atoms with Crippen molar-refractivity contribution in [1.82, 2.24) is 0 Å². The summed E-state index contributed by atoms with van der Waals surface area (Å²) in [6.07, 6.45) is 7.13. The first-order valence-corrected chi connectivity index (χ1v) is 10.1. The summed E-state index contributed by atoms with van der Waals surface area (Å²) in [5.74, 6) is -0.220. The minimum atomic E-state index is -0.110. The second-order valence-corrected chi connectivity index (χ2v) is 8.37. The molecule has 0 aromatic rings. The Balaban J connectivity index is 3.72. The van der Waals surface area contributed by atoms with E-state index in [0.717, 1.165) is 25.9 Å². The number of ether oxygens (including phenoxy) is 2. The van der Waals surface area contributed by atoms with Crippen molar-refractivity contribution in [2.24, 2.45) is 0 Å². The molecule has 0 atom stereocenters. The SMILES string of the molecule is CCOC(=O)C[N+](C)(C)CCCCCCCC[N+](C)(C)CC(=O)OCC. The molecule has 0 aromatic heterocycles. The third kappa shape index (κ3) is 14.1. The maximum Gasteiger partial charge on any atom is 0.361 e. The van der Waals surface area contributed by atoms with E-state index in [1.807, 2.05) is 13.8 Å². The number of unbranched alkanes of at least 4 members (excludes halogenated alkanes) is 5. The Morgan fingerprint density at radius 3 is 1.23 bits per heavy atom. The zero-order chi connectivity index (χ0) is 20.1. The molecule has 0 bridgehead atoms. The predicted octanol–water partition coefficient (Wildman–Crippen LogP) is 2.61. The van der Waals surface area contributed by atoms with E-state index in [-0.39, 0.29) is 11.9 Å². The van der Waals surface area contributed by atoms with E-state index in [2.05, 4.69) is 28.2 Å². The van der Waals surface area contributed by atoms with Gasteiger partial charge in [-0.3, -0.25) is 0 Å². The lowest BCUT2D eigenvalue weighted by Gasteiger charge is -2.28. The van der Waals surface area contributed by atoms with Crippen LogP contribution in [0.15, 0.2) is 0 Å². The maximum absolute atomic E-state index is 11.6. The molecule has 6 nitrogen and oxygen atoms in total. The highest BCUT2D eigenvalue weighted by Crippen LogP contribution is 2.10. The Kier molecular flexibility index (Phi) is 12.5. The van der Waals surface area contributed by atoms with Crippen molar-refractivity contribution >= 4 is 11.9 Å².